The van der Waals surface area contributed by atoms with Crippen LogP contribution in [-0.2, 0) is 6.54 Å². The first-order valence-electron chi connectivity index (χ1n) is 9.95. The molecule has 1 heterocycles. The third-order valence-electron chi connectivity index (χ3n) is 4.82. The predicted molar refractivity (Wildman–Crippen MR) is 118 cm³/mol. The van der Waals surface area contributed by atoms with Crippen LogP contribution in [0.1, 0.15) is 22.8 Å². The minimum absolute atomic E-state index is 0.123. The maximum Gasteiger partial charge on any atom is 0.251 e. The first-order chi connectivity index (χ1) is 14.7. The third-order valence-corrected chi connectivity index (χ3v) is 4.82. The molecule has 4 aromatic rings. The van der Waals surface area contributed by atoms with Crippen LogP contribution in [0.5, 0.6) is 5.75 Å². The number of nitrogens with one attached hydrogen (secondary N) is 2. The maximum atomic E-state index is 12.6. The van der Waals surface area contributed by atoms with E-state index in [0.29, 0.717) is 18.7 Å². The highest BCUT2D eigenvalue weighted by Gasteiger charge is 2.10. The van der Waals surface area contributed by atoms with Gasteiger partial charge in [-0.2, -0.15) is 5.10 Å². The number of rotatable bonds is 7. The molecule has 0 unspecified atom stereocenters. The average Bonchev–Trinajstić information content (AvgIpc) is 3.30. The van der Waals surface area contributed by atoms with E-state index in [9.17, 15) is 4.79 Å². The van der Waals surface area contributed by atoms with Crippen LogP contribution in [-0.4, -0.2) is 22.7 Å². The first-order valence-corrected chi connectivity index (χ1v) is 9.95. The lowest BCUT2D eigenvalue weighted by Crippen LogP contribution is -2.23. The highest BCUT2D eigenvalue weighted by atomic mass is 16.5. The van der Waals surface area contributed by atoms with Crippen LogP contribution in [0.3, 0.4) is 0 Å². The molecule has 0 saturated heterocycles. The number of ether oxygens (including phenoxy) is 1. The van der Waals surface area contributed by atoms with Crippen LogP contribution >= 0.6 is 0 Å². The quantitative estimate of drug-likeness (QED) is 0.457. The van der Waals surface area contributed by atoms with Crippen molar-refractivity contribution < 1.29 is 9.53 Å². The summed E-state index contributed by atoms with van der Waals surface area (Å²) in [6.45, 7) is 2.95. The summed E-state index contributed by atoms with van der Waals surface area (Å²) < 4.78 is 5.61. The predicted octanol–water partition coefficient (Wildman–Crippen LogP) is 5.07. The second-order valence-corrected chi connectivity index (χ2v) is 6.83. The van der Waals surface area contributed by atoms with Crippen molar-refractivity contribution in [1.82, 2.24) is 15.5 Å². The molecule has 5 heteroatoms. The molecule has 0 bridgehead atoms. The van der Waals surface area contributed by atoms with Gasteiger partial charge < -0.3 is 10.1 Å². The third kappa shape index (κ3) is 4.41. The van der Waals surface area contributed by atoms with Crippen LogP contribution in [0, 0.1) is 0 Å². The minimum Gasteiger partial charge on any atom is -0.494 e. The van der Waals surface area contributed by atoms with Gasteiger partial charge in [0.15, 0.2) is 0 Å². The van der Waals surface area contributed by atoms with E-state index in [-0.39, 0.29) is 5.91 Å². The Bertz CT molecular complexity index is 1120. The number of benzene rings is 3. The molecule has 0 spiro atoms. The summed E-state index contributed by atoms with van der Waals surface area (Å²) in [5, 5.41) is 10.4. The first kappa shape index (κ1) is 19.5. The zero-order valence-corrected chi connectivity index (χ0v) is 16.8. The molecule has 1 amide bonds. The van der Waals surface area contributed by atoms with Gasteiger partial charge in [0.1, 0.15) is 5.75 Å². The number of aromatic nitrogens is 2. The van der Waals surface area contributed by atoms with Crippen molar-refractivity contribution in [3.05, 3.63) is 96.1 Å². The van der Waals surface area contributed by atoms with Gasteiger partial charge in [0.2, 0.25) is 0 Å². The number of amides is 1. The van der Waals surface area contributed by atoms with Crippen LogP contribution < -0.4 is 10.1 Å². The fraction of sp³-hybridized carbons (Fsp3) is 0.120. The minimum atomic E-state index is -0.123. The van der Waals surface area contributed by atoms with Crippen molar-refractivity contribution >= 4 is 5.91 Å². The molecule has 0 radical (unpaired) electrons. The summed E-state index contributed by atoms with van der Waals surface area (Å²) in [5.74, 6) is 0.673. The van der Waals surface area contributed by atoms with Crippen LogP contribution in [0.15, 0.2) is 84.9 Å². The topological polar surface area (TPSA) is 67.0 Å². The number of nitrogens with zero attached hydrogens (tertiary/aromatic N) is 1. The monoisotopic (exact) mass is 397 g/mol. The second kappa shape index (κ2) is 9.09. The van der Waals surface area contributed by atoms with Gasteiger partial charge in [-0.05, 0) is 36.8 Å². The molecule has 0 aliphatic heterocycles. The lowest BCUT2D eigenvalue weighted by atomic mass is 10.1. The summed E-state index contributed by atoms with van der Waals surface area (Å²) in [6, 6.07) is 27.2. The lowest BCUT2D eigenvalue weighted by molar-refractivity contribution is 0.0950. The fourth-order valence-electron chi connectivity index (χ4n) is 3.25. The number of hydrogen-bond donors (Lipinski definition) is 2. The molecule has 0 aliphatic carbocycles. The van der Waals surface area contributed by atoms with Gasteiger partial charge in [-0.15, -0.1) is 0 Å². The van der Waals surface area contributed by atoms with Crippen molar-refractivity contribution in [2.75, 3.05) is 6.61 Å². The largest absolute Gasteiger partial charge is 0.494 e. The van der Waals surface area contributed by atoms with E-state index in [1.54, 1.807) is 0 Å². The normalized spacial score (nSPS) is 10.6. The number of H-pyrrole nitrogens is 1. The van der Waals surface area contributed by atoms with Gasteiger partial charge in [0.25, 0.3) is 5.91 Å². The average molecular weight is 397 g/mol. The molecule has 0 aliphatic rings. The molecular formula is C25H23N3O2. The van der Waals surface area contributed by atoms with Crippen LogP contribution in [0.4, 0.5) is 0 Å². The van der Waals surface area contributed by atoms with E-state index < -0.39 is 0 Å². The fourth-order valence-corrected chi connectivity index (χ4v) is 3.25. The second-order valence-electron chi connectivity index (χ2n) is 6.83. The summed E-state index contributed by atoms with van der Waals surface area (Å²) in [7, 11) is 0. The van der Waals surface area contributed by atoms with E-state index in [1.165, 1.54) is 0 Å². The summed E-state index contributed by atoms with van der Waals surface area (Å²) >= 11 is 0. The summed E-state index contributed by atoms with van der Waals surface area (Å²) in [4.78, 5) is 12.6. The van der Waals surface area contributed by atoms with E-state index in [0.717, 1.165) is 33.8 Å². The van der Waals surface area contributed by atoms with Gasteiger partial charge in [-0.3, -0.25) is 9.89 Å². The zero-order valence-electron chi connectivity index (χ0n) is 16.8. The Morgan fingerprint density at radius 2 is 1.67 bits per heavy atom. The highest BCUT2D eigenvalue weighted by molar-refractivity contribution is 5.94. The number of para-hydroxylation sites is 1. The molecule has 1 aromatic heterocycles. The van der Waals surface area contributed by atoms with E-state index in [4.69, 9.17) is 4.74 Å². The Kier molecular flexibility index (Phi) is 5.90. The molecule has 2 N–H and O–H groups in total. The van der Waals surface area contributed by atoms with Gasteiger partial charge >= 0.3 is 0 Å². The summed E-state index contributed by atoms with van der Waals surface area (Å²) in [5.41, 5.74) is 5.39. The van der Waals surface area contributed by atoms with Crippen LogP contribution in [0.25, 0.3) is 22.5 Å². The number of aromatic amines is 1. The number of carbonyl (C=O) groups excluding carboxylic acids is 1. The van der Waals surface area contributed by atoms with Gasteiger partial charge in [0, 0.05) is 23.2 Å². The smallest absolute Gasteiger partial charge is 0.251 e. The Hall–Kier alpha value is -3.86. The van der Waals surface area contributed by atoms with E-state index >= 15 is 0 Å². The molecular weight excluding hydrogens is 374 g/mol. The Morgan fingerprint density at radius 1 is 0.933 bits per heavy atom. The number of hydrogen-bond acceptors (Lipinski definition) is 3. The molecule has 5 nitrogen and oxygen atoms in total. The van der Waals surface area contributed by atoms with Crippen molar-refractivity contribution in [1.29, 1.82) is 0 Å². The highest BCUT2D eigenvalue weighted by Crippen LogP contribution is 2.24. The van der Waals surface area contributed by atoms with Crippen molar-refractivity contribution in [3.8, 4) is 28.3 Å². The van der Waals surface area contributed by atoms with Crippen molar-refractivity contribution in [3.63, 3.8) is 0 Å². The molecule has 30 heavy (non-hydrogen) atoms. The number of carbonyl (C=O) groups is 1. The standard InChI is InChI=1S/C25H23N3O2/c1-2-30-24-11-7-6-10-21(24)17-26-25(29)20-14-12-19(13-15-20)23-16-22(27-28-23)18-8-4-3-5-9-18/h3-16H,2,17H2,1H3,(H,26,29)(H,27,28). The lowest BCUT2D eigenvalue weighted by Gasteiger charge is -2.11. The van der Waals surface area contributed by atoms with E-state index in [1.807, 2.05) is 91.9 Å². The molecule has 4 rings (SSSR count). The summed E-state index contributed by atoms with van der Waals surface area (Å²) in [6.07, 6.45) is 0. The Morgan fingerprint density at radius 3 is 2.43 bits per heavy atom. The van der Waals surface area contributed by atoms with Crippen molar-refractivity contribution in [2.45, 2.75) is 13.5 Å². The van der Waals surface area contributed by atoms with Gasteiger partial charge in [0.05, 0.1) is 18.0 Å². The molecule has 0 saturated carbocycles. The van der Waals surface area contributed by atoms with E-state index in [2.05, 4.69) is 15.5 Å². The Balaban J connectivity index is 1.42. The molecule has 0 fully saturated rings. The molecule has 3 aromatic carbocycles. The van der Waals surface area contributed by atoms with Gasteiger partial charge in [-0.25, -0.2) is 0 Å². The SMILES string of the molecule is CCOc1ccccc1CNC(=O)c1ccc(-c2cc(-c3ccccc3)n[nH]2)cc1. The Labute approximate surface area is 175 Å². The molecule has 150 valence electrons. The van der Waals surface area contributed by atoms with Crippen molar-refractivity contribution in [2.24, 2.45) is 0 Å². The zero-order chi connectivity index (χ0) is 20.8. The van der Waals surface area contributed by atoms with Crippen LogP contribution in [0.2, 0.25) is 0 Å². The van der Waals surface area contributed by atoms with Gasteiger partial charge in [-0.1, -0.05) is 60.7 Å². The maximum absolute atomic E-state index is 12.6. The molecule has 0 atom stereocenters.